The van der Waals surface area contributed by atoms with Gasteiger partial charge in [0.2, 0.25) is 0 Å². The summed E-state index contributed by atoms with van der Waals surface area (Å²) in [6.45, 7) is 4.70. The van der Waals surface area contributed by atoms with E-state index in [-0.39, 0.29) is 5.91 Å². The van der Waals surface area contributed by atoms with Crippen LogP contribution in [0, 0.1) is 13.8 Å². The summed E-state index contributed by atoms with van der Waals surface area (Å²) in [5.41, 5.74) is 2.20. The van der Waals surface area contributed by atoms with Crippen molar-refractivity contribution in [1.29, 1.82) is 0 Å². The monoisotopic (exact) mass is 366 g/mol. The minimum Gasteiger partial charge on any atom is -0.367 e. The molecule has 0 radical (unpaired) electrons. The molecule has 0 saturated heterocycles. The Bertz CT molecular complexity index is 905. The summed E-state index contributed by atoms with van der Waals surface area (Å²) in [5, 5.41) is 21.5. The lowest BCUT2D eigenvalue weighted by atomic mass is 10.2. The molecule has 3 rings (SSSR count). The standard InChI is InChI=1S/C18H22N8O/c1-12-17(13(2)26(3)25-12)18(27)21-11-10-20-15-7-8-16(24-23-15)22-14-6-4-5-9-19-14/h4-9H,10-11H2,1-3H3,(H,20,23)(H,21,27)(H,19,22,24). The molecular formula is C18H22N8O. The lowest BCUT2D eigenvalue weighted by molar-refractivity contribution is 0.0954. The number of aromatic nitrogens is 5. The maximum Gasteiger partial charge on any atom is 0.255 e. The molecule has 0 fully saturated rings. The molecule has 0 unspecified atom stereocenters. The van der Waals surface area contributed by atoms with E-state index in [1.165, 1.54) is 0 Å². The fraction of sp³-hybridized carbons (Fsp3) is 0.278. The van der Waals surface area contributed by atoms with Gasteiger partial charge in [0.25, 0.3) is 5.91 Å². The molecule has 3 N–H and O–H groups in total. The summed E-state index contributed by atoms with van der Waals surface area (Å²) in [5.74, 6) is 1.82. The normalized spacial score (nSPS) is 10.5. The van der Waals surface area contributed by atoms with Gasteiger partial charge in [0, 0.05) is 32.0 Å². The van der Waals surface area contributed by atoms with Crippen molar-refractivity contribution in [1.82, 2.24) is 30.3 Å². The van der Waals surface area contributed by atoms with Gasteiger partial charge in [-0.05, 0) is 38.1 Å². The van der Waals surface area contributed by atoms with Crippen LogP contribution < -0.4 is 16.0 Å². The summed E-state index contributed by atoms with van der Waals surface area (Å²) < 4.78 is 1.71. The fourth-order valence-electron chi connectivity index (χ4n) is 2.62. The van der Waals surface area contributed by atoms with Gasteiger partial charge in [0.1, 0.15) is 11.6 Å². The minimum atomic E-state index is -0.124. The molecule has 0 aliphatic rings. The van der Waals surface area contributed by atoms with Crippen LogP contribution in [0.2, 0.25) is 0 Å². The van der Waals surface area contributed by atoms with Crippen LogP contribution >= 0.6 is 0 Å². The Hall–Kier alpha value is -3.49. The third-order valence-electron chi connectivity index (χ3n) is 4.04. The number of nitrogens with zero attached hydrogens (tertiary/aromatic N) is 5. The second-order valence-electron chi connectivity index (χ2n) is 6.00. The Balaban J connectivity index is 1.46. The van der Waals surface area contributed by atoms with Gasteiger partial charge in [-0.3, -0.25) is 9.48 Å². The van der Waals surface area contributed by atoms with Crippen molar-refractivity contribution in [3.63, 3.8) is 0 Å². The van der Waals surface area contributed by atoms with Gasteiger partial charge in [-0.15, -0.1) is 10.2 Å². The summed E-state index contributed by atoms with van der Waals surface area (Å²) in [6.07, 6.45) is 1.70. The first kappa shape index (κ1) is 18.3. The Morgan fingerprint density at radius 2 is 1.81 bits per heavy atom. The number of carbonyl (C=O) groups excluding carboxylic acids is 1. The summed E-state index contributed by atoms with van der Waals surface area (Å²) >= 11 is 0. The highest BCUT2D eigenvalue weighted by atomic mass is 16.1. The van der Waals surface area contributed by atoms with E-state index in [1.54, 1.807) is 10.9 Å². The molecule has 140 valence electrons. The van der Waals surface area contributed by atoms with Gasteiger partial charge in [0.15, 0.2) is 5.82 Å². The van der Waals surface area contributed by atoms with E-state index in [4.69, 9.17) is 0 Å². The van der Waals surface area contributed by atoms with Crippen LogP contribution in [0.15, 0.2) is 36.5 Å². The van der Waals surface area contributed by atoms with E-state index in [0.717, 1.165) is 11.4 Å². The highest BCUT2D eigenvalue weighted by molar-refractivity contribution is 5.96. The van der Waals surface area contributed by atoms with E-state index in [1.807, 2.05) is 51.2 Å². The molecule has 3 aromatic rings. The van der Waals surface area contributed by atoms with Gasteiger partial charge in [-0.25, -0.2) is 4.98 Å². The molecule has 0 saturated carbocycles. The van der Waals surface area contributed by atoms with Crippen LogP contribution in [0.3, 0.4) is 0 Å². The van der Waals surface area contributed by atoms with Crippen molar-refractivity contribution in [3.8, 4) is 0 Å². The number of hydrogen-bond acceptors (Lipinski definition) is 7. The lowest BCUT2D eigenvalue weighted by Gasteiger charge is -2.08. The van der Waals surface area contributed by atoms with Crippen LogP contribution in [0.5, 0.6) is 0 Å². The van der Waals surface area contributed by atoms with Gasteiger partial charge < -0.3 is 16.0 Å². The van der Waals surface area contributed by atoms with E-state index in [2.05, 4.69) is 36.2 Å². The smallest absolute Gasteiger partial charge is 0.255 e. The molecule has 9 heteroatoms. The van der Waals surface area contributed by atoms with Crippen molar-refractivity contribution in [3.05, 3.63) is 53.5 Å². The molecule has 3 aromatic heterocycles. The zero-order chi connectivity index (χ0) is 19.2. The number of anilines is 3. The zero-order valence-corrected chi connectivity index (χ0v) is 15.5. The summed E-state index contributed by atoms with van der Waals surface area (Å²) in [4.78, 5) is 16.5. The van der Waals surface area contributed by atoms with Crippen LogP contribution in [-0.2, 0) is 7.05 Å². The predicted molar refractivity (Wildman–Crippen MR) is 103 cm³/mol. The van der Waals surface area contributed by atoms with E-state index >= 15 is 0 Å². The zero-order valence-electron chi connectivity index (χ0n) is 15.5. The molecule has 3 heterocycles. The highest BCUT2D eigenvalue weighted by Crippen LogP contribution is 2.12. The third kappa shape index (κ3) is 4.57. The molecule has 0 spiro atoms. The first-order chi connectivity index (χ1) is 13.0. The molecule has 0 aromatic carbocycles. The van der Waals surface area contributed by atoms with E-state index in [9.17, 15) is 4.79 Å². The Labute approximate surface area is 157 Å². The molecule has 0 aliphatic heterocycles. The van der Waals surface area contributed by atoms with Crippen LogP contribution in [0.4, 0.5) is 17.5 Å². The van der Waals surface area contributed by atoms with Crippen molar-refractivity contribution in [2.24, 2.45) is 7.05 Å². The SMILES string of the molecule is Cc1nn(C)c(C)c1C(=O)NCCNc1ccc(Nc2ccccn2)nn1. The minimum absolute atomic E-state index is 0.124. The Kier molecular flexibility index (Phi) is 5.60. The summed E-state index contributed by atoms with van der Waals surface area (Å²) in [7, 11) is 1.83. The number of hydrogen-bond donors (Lipinski definition) is 3. The largest absolute Gasteiger partial charge is 0.367 e. The Morgan fingerprint density at radius 1 is 1.04 bits per heavy atom. The molecule has 0 atom stereocenters. The van der Waals surface area contributed by atoms with Crippen LogP contribution in [0.1, 0.15) is 21.7 Å². The molecule has 9 nitrogen and oxygen atoms in total. The second kappa shape index (κ2) is 8.26. The Morgan fingerprint density at radius 3 is 2.44 bits per heavy atom. The van der Waals surface area contributed by atoms with Crippen molar-refractivity contribution in [2.45, 2.75) is 13.8 Å². The number of aryl methyl sites for hydroxylation is 2. The molecule has 1 amide bonds. The van der Waals surface area contributed by atoms with Gasteiger partial charge in [-0.2, -0.15) is 5.10 Å². The first-order valence-corrected chi connectivity index (χ1v) is 8.58. The molecule has 0 bridgehead atoms. The molecule has 0 aliphatic carbocycles. The van der Waals surface area contributed by atoms with Crippen molar-refractivity contribution >= 4 is 23.4 Å². The lowest BCUT2D eigenvalue weighted by Crippen LogP contribution is -2.29. The fourth-order valence-corrected chi connectivity index (χ4v) is 2.62. The van der Waals surface area contributed by atoms with Crippen LogP contribution in [-0.4, -0.2) is 44.0 Å². The number of carbonyl (C=O) groups is 1. The number of nitrogens with one attached hydrogen (secondary N) is 3. The molecular weight excluding hydrogens is 344 g/mol. The first-order valence-electron chi connectivity index (χ1n) is 8.58. The highest BCUT2D eigenvalue weighted by Gasteiger charge is 2.16. The molecule has 27 heavy (non-hydrogen) atoms. The maximum absolute atomic E-state index is 12.3. The average Bonchev–Trinajstić information content (AvgIpc) is 2.93. The number of amides is 1. The quantitative estimate of drug-likeness (QED) is 0.547. The van der Waals surface area contributed by atoms with Gasteiger partial charge >= 0.3 is 0 Å². The van der Waals surface area contributed by atoms with E-state index in [0.29, 0.717) is 36.1 Å². The number of rotatable bonds is 7. The van der Waals surface area contributed by atoms with Crippen LogP contribution in [0.25, 0.3) is 0 Å². The predicted octanol–water partition coefficient (Wildman–Crippen LogP) is 1.81. The van der Waals surface area contributed by atoms with Crippen molar-refractivity contribution in [2.75, 3.05) is 23.7 Å². The maximum atomic E-state index is 12.3. The topological polar surface area (TPSA) is 110 Å². The van der Waals surface area contributed by atoms with Gasteiger partial charge in [0.05, 0.1) is 11.3 Å². The van der Waals surface area contributed by atoms with Crippen molar-refractivity contribution < 1.29 is 4.79 Å². The third-order valence-corrected chi connectivity index (χ3v) is 4.04. The average molecular weight is 366 g/mol. The van der Waals surface area contributed by atoms with Gasteiger partial charge in [-0.1, -0.05) is 6.07 Å². The number of pyridine rings is 1. The van der Waals surface area contributed by atoms with E-state index < -0.39 is 0 Å². The summed E-state index contributed by atoms with van der Waals surface area (Å²) in [6, 6.07) is 9.21. The second-order valence-corrected chi connectivity index (χ2v) is 6.00.